The van der Waals surface area contributed by atoms with Gasteiger partial charge in [0.05, 0.1) is 12.2 Å². The largest absolute Gasteiger partial charge is 0.313 e. The quantitative estimate of drug-likeness (QED) is 0.814. The normalized spacial score (nSPS) is 11.0. The molecule has 0 bridgehead atoms. The second kappa shape index (κ2) is 6.99. The molecule has 2 aromatic rings. The molecule has 108 valence electrons. The maximum Gasteiger partial charge on any atom is 0.128 e. The number of nitrogens with one attached hydrogen (secondary N) is 1. The highest BCUT2D eigenvalue weighted by Crippen LogP contribution is 2.17. The minimum atomic E-state index is -0.202. The Hall–Kier alpha value is -1.20. The first-order chi connectivity index (χ1) is 9.60. The van der Waals surface area contributed by atoms with E-state index in [1.807, 2.05) is 13.1 Å². The van der Waals surface area contributed by atoms with Crippen LogP contribution in [0.2, 0.25) is 0 Å². The fourth-order valence-electron chi connectivity index (χ4n) is 2.05. The predicted molar refractivity (Wildman–Crippen MR) is 82.2 cm³/mol. The maximum atomic E-state index is 13.7. The molecule has 20 heavy (non-hydrogen) atoms. The molecule has 0 aliphatic carbocycles. The van der Waals surface area contributed by atoms with Gasteiger partial charge in [0.25, 0.3) is 0 Å². The summed E-state index contributed by atoms with van der Waals surface area (Å²) in [6.45, 7) is 6.36. The Balaban J connectivity index is 2.10. The van der Waals surface area contributed by atoms with Gasteiger partial charge in [-0.25, -0.2) is 4.39 Å². The van der Waals surface area contributed by atoms with Crippen LogP contribution in [-0.4, -0.2) is 16.3 Å². The van der Waals surface area contributed by atoms with Crippen LogP contribution in [-0.2, 0) is 13.1 Å². The Morgan fingerprint density at radius 2 is 2.15 bits per heavy atom. The van der Waals surface area contributed by atoms with Gasteiger partial charge >= 0.3 is 0 Å². The lowest BCUT2D eigenvalue weighted by molar-refractivity contribution is 0.583. The average Bonchev–Trinajstić information content (AvgIpc) is 2.75. The van der Waals surface area contributed by atoms with Crippen LogP contribution in [0.3, 0.4) is 0 Å². The van der Waals surface area contributed by atoms with Crippen LogP contribution in [0, 0.1) is 12.7 Å². The van der Waals surface area contributed by atoms with E-state index in [4.69, 9.17) is 0 Å². The fourth-order valence-corrected chi connectivity index (χ4v) is 2.46. The van der Waals surface area contributed by atoms with E-state index in [-0.39, 0.29) is 5.82 Å². The van der Waals surface area contributed by atoms with Crippen LogP contribution in [0.5, 0.6) is 0 Å². The summed E-state index contributed by atoms with van der Waals surface area (Å²) in [4.78, 5) is 0. The Morgan fingerprint density at radius 1 is 1.35 bits per heavy atom. The van der Waals surface area contributed by atoms with Crippen LogP contribution < -0.4 is 5.32 Å². The van der Waals surface area contributed by atoms with E-state index in [1.165, 1.54) is 6.07 Å². The number of aryl methyl sites for hydroxylation is 1. The number of halogens is 2. The summed E-state index contributed by atoms with van der Waals surface area (Å²) in [7, 11) is 0. The molecule has 1 N–H and O–H groups in total. The number of nitrogens with zero attached hydrogens (tertiary/aromatic N) is 2. The zero-order valence-electron chi connectivity index (χ0n) is 11.8. The van der Waals surface area contributed by atoms with E-state index in [2.05, 4.69) is 33.3 Å². The van der Waals surface area contributed by atoms with Gasteiger partial charge in [0.2, 0.25) is 0 Å². The summed E-state index contributed by atoms with van der Waals surface area (Å²) < 4.78 is 16.4. The molecule has 1 heterocycles. The number of hydrogen-bond donors (Lipinski definition) is 1. The zero-order chi connectivity index (χ0) is 14.5. The lowest BCUT2D eigenvalue weighted by atomic mass is 10.2. The number of rotatable bonds is 6. The standard InChI is InChI=1S/C15H19BrFN3/c1-3-6-18-8-13-10-20(19-11(13)2)9-12-7-14(16)4-5-15(12)17/h4-5,7,10,18H,3,6,8-9H2,1-2H3. The van der Waals surface area contributed by atoms with E-state index in [0.29, 0.717) is 12.1 Å². The van der Waals surface area contributed by atoms with E-state index in [9.17, 15) is 4.39 Å². The molecule has 0 saturated heterocycles. The van der Waals surface area contributed by atoms with Gasteiger partial charge in [-0.2, -0.15) is 5.10 Å². The highest BCUT2D eigenvalue weighted by molar-refractivity contribution is 9.10. The molecule has 0 saturated carbocycles. The minimum Gasteiger partial charge on any atom is -0.313 e. The maximum absolute atomic E-state index is 13.7. The van der Waals surface area contributed by atoms with Crippen molar-refractivity contribution in [3.05, 3.63) is 51.5 Å². The van der Waals surface area contributed by atoms with Gasteiger partial charge < -0.3 is 5.32 Å². The Kier molecular flexibility index (Phi) is 5.31. The minimum absolute atomic E-state index is 0.202. The first kappa shape index (κ1) is 15.2. The van der Waals surface area contributed by atoms with Crippen LogP contribution in [0.15, 0.2) is 28.9 Å². The van der Waals surface area contributed by atoms with Crippen molar-refractivity contribution in [2.24, 2.45) is 0 Å². The third-order valence-corrected chi connectivity index (χ3v) is 3.62. The van der Waals surface area contributed by atoms with Crippen LogP contribution in [0.1, 0.15) is 30.2 Å². The van der Waals surface area contributed by atoms with Gasteiger partial charge in [-0.15, -0.1) is 0 Å². The van der Waals surface area contributed by atoms with Gasteiger partial charge in [-0.3, -0.25) is 4.68 Å². The Morgan fingerprint density at radius 3 is 2.90 bits per heavy atom. The molecule has 5 heteroatoms. The van der Waals surface area contributed by atoms with Crippen LogP contribution >= 0.6 is 15.9 Å². The smallest absolute Gasteiger partial charge is 0.128 e. The summed E-state index contributed by atoms with van der Waals surface area (Å²) >= 11 is 3.37. The molecule has 1 aromatic carbocycles. The van der Waals surface area contributed by atoms with E-state index < -0.39 is 0 Å². The molecule has 0 radical (unpaired) electrons. The third-order valence-electron chi connectivity index (χ3n) is 3.13. The Bertz CT molecular complexity index is 580. The van der Waals surface area contributed by atoms with E-state index in [0.717, 1.165) is 35.2 Å². The monoisotopic (exact) mass is 339 g/mol. The molecule has 2 rings (SSSR count). The van der Waals surface area contributed by atoms with Gasteiger partial charge in [-0.05, 0) is 38.1 Å². The molecule has 3 nitrogen and oxygen atoms in total. The zero-order valence-corrected chi connectivity index (χ0v) is 13.4. The van der Waals surface area contributed by atoms with E-state index >= 15 is 0 Å². The molecule has 0 aliphatic rings. The number of aromatic nitrogens is 2. The van der Waals surface area contributed by atoms with Crippen LogP contribution in [0.4, 0.5) is 4.39 Å². The topological polar surface area (TPSA) is 29.9 Å². The molecule has 0 fully saturated rings. The lowest BCUT2D eigenvalue weighted by Crippen LogP contribution is -2.13. The lowest BCUT2D eigenvalue weighted by Gasteiger charge is -2.04. The van der Waals surface area contributed by atoms with Crippen molar-refractivity contribution in [2.75, 3.05) is 6.54 Å². The summed E-state index contributed by atoms with van der Waals surface area (Å²) in [5.74, 6) is -0.202. The SMILES string of the molecule is CCCNCc1cn(Cc2cc(Br)ccc2F)nc1C. The molecular weight excluding hydrogens is 321 g/mol. The van der Waals surface area contributed by atoms with Crippen molar-refractivity contribution in [3.63, 3.8) is 0 Å². The van der Waals surface area contributed by atoms with Crippen molar-refractivity contribution in [2.45, 2.75) is 33.4 Å². The summed E-state index contributed by atoms with van der Waals surface area (Å²) in [6, 6.07) is 4.97. The highest BCUT2D eigenvalue weighted by Gasteiger charge is 2.08. The van der Waals surface area contributed by atoms with Crippen LogP contribution in [0.25, 0.3) is 0 Å². The molecule has 1 aromatic heterocycles. The van der Waals surface area contributed by atoms with Crippen molar-refractivity contribution < 1.29 is 4.39 Å². The van der Waals surface area contributed by atoms with Crippen molar-refractivity contribution in [1.29, 1.82) is 0 Å². The van der Waals surface area contributed by atoms with E-state index in [1.54, 1.807) is 16.8 Å². The van der Waals surface area contributed by atoms with Gasteiger partial charge in [0.15, 0.2) is 0 Å². The fraction of sp³-hybridized carbons (Fsp3) is 0.400. The summed E-state index contributed by atoms with van der Waals surface area (Å²) in [5, 5.41) is 7.81. The van der Waals surface area contributed by atoms with Crippen molar-refractivity contribution in [3.8, 4) is 0 Å². The molecule has 0 unspecified atom stereocenters. The molecular formula is C15H19BrFN3. The molecule has 0 aliphatic heterocycles. The molecule has 0 spiro atoms. The first-order valence-corrected chi connectivity index (χ1v) is 7.57. The number of benzene rings is 1. The predicted octanol–water partition coefficient (Wildman–Crippen LogP) is 3.64. The number of hydrogen-bond acceptors (Lipinski definition) is 2. The second-order valence-electron chi connectivity index (χ2n) is 4.85. The first-order valence-electron chi connectivity index (χ1n) is 6.77. The second-order valence-corrected chi connectivity index (χ2v) is 5.77. The van der Waals surface area contributed by atoms with Gasteiger partial charge in [0.1, 0.15) is 5.82 Å². The molecule has 0 amide bonds. The van der Waals surface area contributed by atoms with Crippen molar-refractivity contribution in [1.82, 2.24) is 15.1 Å². The molecule has 0 atom stereocenters. The average molecular weight is 340 g/mol. The highest BCUT2D eigenvalue weighted by atomic mass is 79.9. The van der Waals surface area contributed by atoms with Gasteiger partial charge in [0, 0.05) is 28.3 Å². The summed E-state index contributed by atoms with van der Waals surface area (Å²) in [6.07, 6.45) is 3.09. The van der Waals surface area contributed by atoms with Crippen molar-refractivity contribution >= 4 is 15.9 Å². The van der Waals surface area contributed by atoms with Gasteiger partial charge in [-0.1, -0.05) is 22.9 Å². The summed E-state index contributed by atoms with van der Waals surface area (Å²) in [5.41, 5.74) is 2.79. The third kappa shape index (κ3) is 3.90. The Labute approximate surface area is 127 Å².